The SMILES string of the molecule is CC1(C)CC(=O)[C@H](C(c2ccccc2OCC#N)[C@@H]2C(=O)CC(C)(C)C[C@H]2O)[C@H](O)C1. The van der Waals surface area contributed by atoms with Crippen molar-refractivity contribution in [1.82, 2.24) is 0 Å². The second-order valence-corrected chi connectivity index (χ2v) is 10.7. The van der Waals surface area contributed by atoms with Gasteiger partial charge in [0, 0.05) is 18.8 Å². The summed E-state index contributed by atoms with van der Waals surface area (Å²) < 4.78 is 5.62. The molecule has 5 atom stereocenters. The summed E-state index contributed by atoms with van der Waals surface area (Å²) >= 11 is 0. The van der Waals surface area contributed by atoms with E-state index in [0.29, 0.717) is 37.0 Å². The van der Waals surface area contributed by atoms with Crippen LogP contribution in [0, 0.1) is 34.0 Å². The van der Waals surface area contributed by atoms with Gasteiger partial charge in [-0.3, -0.25) is 9.59 Å². The molecule has 0 saturated heterocycles. The fraction of sp³-hybridized carbons (Fsp3) is 0.640. The molecule has 1 unspecified atom stereocenters. The average Bonchev–Trinajstić information content (AvgIpc) is 2.62. The fourth-order valence-corrected chi connectivity index (χ4v) is 5.63. The first-order valence-corrected chi connectivity index (χ1v) is 11.0. The third-order valence-corrected chi connectivity index (χ3v) is 6.75. The summed E-state index contributed by atoms with van der Waals surface area (Å²) in [6, 6.07) is 8.97. The van der Waals surface area contributed by atoms with Crippen molar-refractivity contribution >= 4 is 11.6 Å². The van der Waals surface area contributed by atoms with Crippen molar-refractivity contribution in [1.29, 1.82) is 5.26 Å². The number of carbonyl (C=O) groups is 2. The number of aliphatic hydroxyl groups excluding tert-OH is 2. The molecular formula is C25H33NO5. The van der Waals surface area contributed by atoms with E-state index in [4.69, 9.17) is 10.00 Å². The van der Waals surface area contributed by atoms with E-state index in [1.165, 1.54) is 0 Å². The summed E-state index contributed by atoms with van der Waals surface area (Å²) in [5, 5.41) is 31.1. The van der Waals surface area contributed by atoms with E-state index < -0.39 is 30.0 Å². The Hall–Kier alpha value is -2.23. The van der Waals surface area contributed by atoms with Gasteiger partial charge in [0.1, 0.15) is 23.4 Å². The molecule has 6 nitrogen and oxygen atoms in total. The van der Waals surface area contributed by atoms with Gasteiger partial charge in [0.2, 0.25) is 0 Å². The highest BCUT2D eigenvalue weighted by atomic mass is 16.5. The normalized spacial score (nSPS) is 31.0. The topological polar surface area (TPSA) is 108 Å². The number of hydrogen-bond donors (Lipinski definition) is 2. The number of ketones is 2. The largest absolute Gasteiger partial charge is 0.478 e. The van der Waals surface area contributed by atoms with Crippen LogP contribution in [0.2, 0.25) is 0 Å². The molecule has 3 rings (SSSR count). The Morgan fingerprint density at radius 1 is 1.00 bits per heavy atom. The van der Waals surface area contributed by atoms with E-state index in [0.717, 1.165) is 0 Å². The molecule has 1 aromatic rings. The number of rotatable bonds is 5. The summed E-state index contributed by atoms with van der Waals surface area (Å²) in [5.41, 5.74) is -0.0659. The molecule has 168 valence electrons. The van der Waals surface area contributed by atoms with Gasteiger partial charge in [-0.25, -0.2) is 0 Å². The number of aliphatic hydroxyl groups is 2. The van der Waals surface area contributed by atoms with E-state index in [2.05, 4.69) is 0 Å². The molecule has 0 aliphatic heterocycles. The molecule has 0 spiro atoms. The predicted molar refractivity (Wildman–Crippen MR) is 115 cm³/mol. The zero-order valence-electron chi connectivity index (χ0n) is 18.8. The van der Waals surface area contributed by atoms with Gasteiger partial charge in [0.05, 0.1) is 24.0 Å². The summed E-state index contributed by atoms with van der Waals surface area (Å²) in [5.74, 6) is -2.15. The maximum absolute atomic E-state index is 13.3. The van der Waals surface area contributed by atoms with Gasteiger partial charge in [-0.05, 0) is 35.3 Å². The van der Waals surface area contributed by atoms with E-state index in [1.54, 1.807) is 24.3 Å². The van der Waals surface area contributed by atoms with Crippen molar-refractivity contribution in [2.45, 2.75) is 71.5 Å². The molecule has 2 N–H and O–H groups in total. The van der Waals surface area contributed by atoms with Crippen molar-refractivity contribution in [3.8, 4) is 11.8 Å². The molecule has 0 radical (unpaired) electrons. The molecule has 6 heteroatoms. The highest BCUT2D eigenvalue weighted by Crippen LogP contribution is 2.51. The van der Waals surface area contributed by atoms with Crippen molar-refractivity contribution in [3.63, 3.8) is 0 Å². The first kappa shape index (κ1) is 23.4. The maximum atomic E-state index is 13.3. The predicted octanol–water partition coefficient (Wildman–Crippen LogP) is 3.40. The smallest absolute Gasteiger partial charge is 0.174 e. The molecule has 1 aromatic carbocycles. The molecule has 2 saturated carbocycles. The molecule has 0 bridgehead atoms. The van der Waals surface area contributed by atoms with Crippen LogP contribution >= 0.6 is 0 Å². The Bertz CT molecular complexity index is 842. The standard InChI is InChI=1S/C25H33NO5/c1-24(2)11-16(27)22(17(28)12-24)21(15-7-5-6-8-20(15)31-10-9-26)23-18(29)13-25(3,4)14-19(23)30/h5-8,16,18,21-23,27,29H,10-14H2,1-4H3/t16-,18-,21?,22-,23+/m1/s1. The molecule has 0 heterocycles. The van der Waals surface area contributed by atoms with Crippen LogP contribution in [0.5, 0.6) is 5.75 Å². The molecule has 0 amide bonds. The van der Waals surface area contributed by atoms with Crippen LogP contribution in [0.25, 0.3) is 0 Å². The van der Waals surface area contributed by atoms with Gasteiger partial charge in [-0.15, -0.1) is 0 Å². The van der Waals surface area contributed by atoms with Crippen LogP contribution in [-0.2, 0) is 9.59 Å². The van der Waals surface area contributed by atoms with Crippen LogP contribution in [0.3, 0.4) is 0 Å². The Morgan fingerprint density at radius 2 is 1.48 bits per heavy atom. The van der Waals surface area contributed by atoms with Gasteiger partial charge in [0.15, 0.2) is 6.61 Å². The van der Waals surface area contributed by atoms with E-state index in [1.807, 2.05) is 33.8 Å². The van der Waals surface area contributed by atoms with Gasteiger partial charge < -0.3 is 14.9 Å². The van der Waals surface area contributed by atoms with Crippen molar-refractivity contribution in [2.24, 2.45) is 22.7 Å². The third-order valence-electron chi connectivity index (χ3n) is 6.75. The number of carbonyl (C=O) groups excluding carboxylic acids is 2. The minimum absolute atomic E-state index is 0.103. The van der Waals surface area contributed by atoms with Gasteiger partial charge >= 0.3 is 0 Å². The zero-order chi connectivity index (χ0) is 23.0. The number of nitriles is 1. The Kier molecular flexibility index (Phi) is 6.59. The quantitative estimate of drug-likeness (QED) is 0.746. The monoisotopic (exact) mass is 427 g/mol. The van der Waals surface area contributed by atoms with Crippen LogP contribution < -0.4 is 4.74 Å². The van der Waals surface area contributed by atoms with Gasteiger partial charge in [0.25, 0.3) is 0 Å². The van der Waals surface area contributed by atoms with Crippen molar-refractivity contribution in [2.75, 3.05) is 6.61 Å². The Morgan fingerprint density at radius 3 is 1.94 bits per heavy atom. The number of ether oxygens (including phenoxy) is 1. The van der Waals surface area contributed by atoms with E-state index >= 15 is 0 Å². The zero-order valence-corrected chi connectivity index (χ0v) is 18.8. The fourth-order valence-electron chi connectivity index (χ4n) is 5.63. The lowest BCUT2D eigenvalue weighted by atomic mass is 9.58. The van der Waals surface area contributed by atoms with Crippen molar-refractivity contribution < 1.29 is 24.5 Å². The summed E-state index contributed by atoms with van der Waals surface area (Å²) in [4.78, 5) is 26.6. The summed E-state index contributed by atoms with van der Waals surface area (Å²) in [6.45, 7) is 7.63. The molecule has 0 aromatic heterocycles. The maximum Gasteiger partial charge on any atom is 0.174 e. The van der Waals surface area contributed by atoms with E-state index in [9.17, 15) is 19.8 Å². The first-order chi connectivity index (χ1) is 14.5. The second kappa shape index (κ2) is 8.72. The molecule has 2 fully saturated rings. The first-order valence-electron chi connectivity index (χ1n) is 11.0. The third kappa shape index (κ3) is 4.99. The minimum atomic E-state index is -0.930. The number of hydrogen-bond acceptors (Lipinski definition) is 6. The number of para-hydroxylation sites is 1. The van der Waals surface area contributed by atoms with Crippen LogP contribution in [0.1, 0.15) is 64.9 Å². The molecular weight excluding hydrogens is 394 g/mol. The molecule has 2 aliphatic carbocycles. The second-order valence-electron chi connectivity index (χ2n) is 10.7. The number of nitrogens with zero attached hydrogens (tertiary/aromatic N) is 1. The number of Topliss-reactive ketones (excluding diaryl/α,β-unsaturated/α-hetero) is 2. The summed E-state index contributed by atoms with van der Waals surface area (Å²) in [6.07, 6.45) is -0.391. The molecule has 31 heavy (non-hydrogen) atoms. The van der Waals surface area contributed by atoms with Crippen LogP contribution in [-0.4, -0.2) is 40.6 Å². The lowest BCUT2D eigenvalue weighted by molar-refractivity contribution is -0.144. The minimum Gasteiger partial charge on any atom is -0.478 e. The lowest BCUT2D eigenvalue weighted by Gasteiger charge is -2.46. The highest BCUT2D eigenvalue weighted by molar-refractivity contribution is 5.88. The van der Waals surface area contributed by atoms with Gasteiger partial charge in [-0.2, -0.15) is 5.26 Å². The van der Waals surface area contributed by atoms with Crippen LogP contribution in [0.4, 0.5) is 0 Å². The highest BCUT2D eigenvalue weighted by Gasteiger charge is 2.52. The van der Waals surface area contributed by atoms with Crippen LogP contribution in [0.15, 0.2) is 24.3 Å². The van der Waals surface area contributed by atoms with E-state index in [-0.39, 0.29) is 29.0 Å². The van der Waals surface area contributed by atoms with Gasteiger partial charge in [-0.1, -0.05) is 45.9 Å². The number of benzene rings is 1. The summed E-state index contributed by atoms with van der Waals surface area (Å²) in [7, 11) is 0. The average molecular weight is 428 g/mol. The molecule has 2 aliphatic rings. The van der Waals surface area contributed by atoms with Crippen molar-refractivity contribution in [3.05, 3.63) is 29.8 Å². The lowest BCUT2D eigenvalue weighted by Crippen LogP contribution is -2.51. The Balaban J connectivity index is 2.11. The Labute approximate surface area is 184 Å².